The van der Waals surface area contributed by atoms with Crippen LogP contribution in [0.1, 0.15) is 12.8 Å². The molecule has 1 saturated heterocycles. The van der Waals surface area contributed by atoms with Crippen LogP contribution >= 0.6 is 0 Å². The second kappa shape index (κ2) is 5.20. The zero-order valence-electron chi connectivity index (χ0n) is 11.0. The van der Waals surface area contributed by atoms with Crippen molar-refractivity contribution in [2.75, 3.05) is 13.1 Å². The largest absolute Gasteiger partial charge is 0.328 e. The van der Waals surface area contributed by atoms with Gasteiger partial charge in [-0.1, -0.05) is 0 Å². The van der Waals surface area contributed by atoms with Crippen LogP contribution < -0.4 is 16.6 Å². The maximum Gasteiger partial charge on any atom is 0.328 e. The van der Waals surface area contributed by atoms with E-state index >= 15 is 0 Å². The van der Waals surface area contributed by atoms with Gasteiger partial charge in [-0.05, 0) is 50.0 Å². The van der Waals surface area contributed by atoms with Crippen molar-refractivity contribution in [3.05, 3.63) is 44.9 Å². The summed E-state index contributed by atoms with van der Waals surface area (Å²) in [7, 11) is 0. The third-order valence-electron chi connectivity index (χ3n) is 3.78. The van der Waals surface area contributed by atoms with Gasteiger partial charge in [0.05, 0.1) is 10.9 Å². The summed E-state index contributed by atoms with van der Waals surface area (Å²) < 4.78 is 14.4. The minimum Gasteiger partial charge on any atom is -0.316 e. The standard InChI is InChI=1S/C14H16FN3O2/c15-10-3-4-11-12(6-10)17-14(20)18(13(11)19)8-9-2-1-5-16-7-9/h3-4,6,9,16H,1-2,5,7-8H2,(H,17,20). The molecule has 0 saturated carbocycles. The van der Waals surface area contributed by atoms with Crippen LogP contribution in [-0.4, -0.2) is 22.6 Å². The number of aromatic nitrogens is 2. The van der Waals surface area contributed by atoms with Crippen molar-refractivity contribution in [1.82, 2.24) is 14.9 Å². The molecule has 106 valence electrons. The van der Waals surface area contributed by atoms with E-state index < -0.39 is 11.5 Å². The van der Waals surface area contributed by atoms with Crippen LogP contribution in [0.25, 0.3) is 10.9 Å². The smallest absolute Gasteiger partial charge is 0.316 e. The third-order valence-corrected chi connectivity index (χ3v) is 3.78. The molecule has 1 fully saturated rings. The Morgan fingerprint density at radius 3 is 2.95 bits per heavy atom. The highest BCUT2D eigenvalue weighted by atomic mass is 19.1. The number of fused-ring (bicyclic) bond motifs is 1. The van der Waals surface area contributed by atoms with E-state index in [1.807, 2.05) is 0 Å². The molecule has 1 atom stereocenters. The van der Waals surface area contributed by atoms with E-state index in [4.69, 9.17) is 0 Å². The lowest BCUT2D eigenvalue weighted by atomic mass is 10.00. The van der Waals surface area contributed by atoms with Crippen molar-refractivity contribution in [3.63, 3.8) is 0 Å². The van der Waals surface area contributed by atoms with E-state index in [0.29, 0.717) is 11.9 Å². The fraction of sp³-hybridized carbons (Fsp3) is 0.429. The SMILES string of the molecule is O=c1[nH]c2cc(F)ccc2c(=O)n1CC1CCCNC1. The molecule has 6 heteroatoms. The van der Waals surface area contributed by atoms with Gasteiger partial charge in [0.2, 0.25) is 0 Å². The first kappa shape index (κ1) is 13.1. The predicted molar refractivity (Wildman–Crippen MR) is 74.4 cm³/mol. The minimum atomic E-state index is -0.473. The number of piperidine rings is 1. The Labute approximate surface area is 114 Å². The topological polar surface area (TPSA) is 66.9 Å². The fourth-order valence-electron chi connectivity index (χ4n) is 2.73. The Balaban J connectivity index is 2.04. The van der Waals surface area contributed by atoms with Gasteiger partial charge in [-0.25, -0.2) is 9.18 Å². The molecule has 5 nitrogen and oxygen atoms in total. The Kier molecular flexibility index (Phi) is 3.40. The lowest BCUT2D eigenvalue weighted by molar-refractivity contribution is 0.329. The molecular weight excluding hydrogens is 261 g/mol. The van der Waals surface area contributed by atoms with Crippen molar-refractivity contribution in [3.8, 4) is 0 Å². The first-order valence-electron chi connectivity index (χ1n) is 6.78. The number of benzene rings is 1. The second-order valence-corrected chi connectivity index (χ2v) is 5.25. The molecule has 0 bridgehead atoms. The summed E-state index contributed by atoms with van der Waals surface area (Å²) in [4.78, 5) is 26.9. The highest BCUT2D eigenvalue weighted by Crippen LogP contribution is 2.12. The summed E-state index contributed by atoms with van der Waals surface area (Å²) >= 11 is 0. The van der Waals surface area contributed by atoms with Crippen molar-refractivity contribution < 1.29 is 4.39 Å². The lowest BCUT2D eigenvalue weighted by Crippen LogP contribution is -2.40. The van der Waals surface area contributed by atoms with E-state index in [9.17, 15) is 14.0 Å². The van der Waals surface area contributed by atoms with Crippen molar-refractivity contribution >= 4 is 10.9 Å². The summed E-state index contributed by atoms with van der Waals surface area (Å²) in [5, 5.41) is 3.60. The maximum absolute atomic E-state index is 13.1. The molecule has 1 aromatic heterocycles. The first-order valence-corrected chi connectivity index (χ1v) is 6.78. The van der Waals surface area contributed by atoms with Gasteiger partial charge in [-0.15, -0.1) is 0 Å². The minimum absolute atomic E-state index is 0.248. The number of nitrogens with one attached hydrogen (secondary N) is 2. The highest BCUT2D eigenvalue weighted by Gasteiger charge is 2.16. The van der Waals surface area contributed by atoms with Crippen LogP contribution in [0.2, 0.25) is 0 Å². The molecule has 1 aliphatic rings. The van der Waals surface area contributed by atoms with Gasteiger partial charge in [0.1, 0.15) is 5.82 Å². The maximum atomic E-state index is 13.1. The predicted octanol–water partition coefficient (Wildman–Crippen LogP) is 0.829. The number of rotatable bonds is 2. The summed E-state index contributed by atoms with van der Waals surface area (Å²) in [6.45, 7) is 2.20. The van der Waals surface area contributed by atoms with E-state index in [-0.39, 0.29) is 17.0 Å². The summed E-state index contributed by atoms with van der Waals surface area (Å²) in [5.41, 5.74) is -0.578. The molecule has 1 aromatic carbocycles. The number of H-pyrrole nitrogens is 1. The number of hydrogen-bond donors (Lipinski definition) is 2. The Morgan fingerprint density at radius 1 is 1.35 bits per heavy atom. The second-order valence-electron chi connectivity index (χ2n) is 5.25. The lowest BCUT2D eigenvalue weighted by Gasteiger charge is -2.23. The molecule has 0 amide bonds. The van der Waals surface area contributed by atoms with E-state index in [2.05, 4.69) is 10.3 Å². The molecule has 2 heterocycles. The van der Waals surface area contributed by atoms with Crippen LogP contribution in [0.15, 0.2) is 27.8 Å². The van der Waals surface area contributed by atoms with E-state index in [1.54, 1.807) is 0 Å². The van der Waals surface area contributed by atoms with E-state index in [0.717, 1.165) is 25.9 Å². The monoisotopic (exact) mass is 277 g/mol. The number of halogens is 1. The van der Waals surface area contributed by atoms with Gasteiger partial charge in [-0.3, -0.25) is 9.36 Å². The van der Waals surface area contributed by atoms with Gasteiger partial charge in [0.25, 0.3) is 5.56 Å². The third kappa shape index (κ3) is 2.38. The molecule has 0 spiro atoms. The average Bonchev–Trinajstić information content (AvgIpc) is 2.44. The normalized spacial score (nSPS) is 19.4. The van der Waals surface area contributed by atoms with Gasteiger partial charge >= 0.3 is 5.69 Å². The summed E-state index contributed by atoms with van der Waals surface area (Å²) in [6, 6.07) is 3.82. The molecule has 20 heavy (non-hydrogen) atoms. The van der Waals surface area contributed by atoms with Crippen LogP contribution in [0.4, 0.5) is 4.39 Å². The van der Waals surface area contributed by atoms with Crippen molar-refractivity contribution in [1.29, 1.82) is 0 Å². The zero-order chi connectivity index (χ0) is 14.1. The number of aromatic amines is 1. The Morgan fingerprint density at radius 2 is 2.20 bits per heavy atom. The highest BCUT2D eigenvalue weighted by molar-refractivity contribution is 5.77. The quantitative estimate of drug-likeness (QED) is 0.854. The van der Waals surface area contributed by atoms with Crippen LogP contribution in [0.3, 0.4) is 0 Å². The van der Waals surface area contributed by atoms with Crippen LogP contribution in [-0.2, 0) is 6.54 Å². The Hall–Kier alpha value is -1.95. The molecule has 2 aromatic rings. The van der Waals surface area contributed by atoms with Gasteiger partial charge in [-0.2, -0.15) is 0 Å². The van der Waals surface area contributed by atoms with Crippen molar-refractivity contribution in [2.24, 2.45) is 5.92 Å². The van der Waals surface area contributed by atoms with Crippen molar-refractivity contribution in [2.45, 2.75) is 19.4 Å². The van der Waals surface area contributed by atoms with Gasteiger partial charge < -0.3 is 10.3 Å². The van der Waals surface area contributed by atoms with E-state index in [1.165, 1.54) is 22.8 Å². The van der Waals surface area contributed by atoms with Gasteiger partial charge in [0.15, 0.2) is 0 Å². The molecular formula is C14H16FN3O2. The number of hydrogen-bond acceptors (Lipinski definition) is 3. The zero-order valence-corrected chi connectivity index (χ0v) is 11.0. The van der Waals surface area contributed by atoms with Crippen LogP contribution in [0.5, 0.6) is 0 Å². The number of nitrogens with zero attached hydrogens (tertiary/aromatic N) is 1. The van der Waals surface area contributed by atoms with Crippen LogP contribution in [0, 0.1) is 11.7 Å². The molecule has 1 aliphatic heterocycles. The summed E-state index contributed by atoms with van der Waals surface area (Å²) in [5.74, 6) is -0.192. The first-order chi connectivity index (χ1) is 9.65. The Bertz CT molecular complexity index is 744. The summed E-state index contributed by atoms with van der Waals surface area (Å²) in [6.07, 6.45) is 2.05. The van der Waals surface area contributed by atoms with Gasteiger partial charge in [0, 0.05) is 6.54 Å². The molecule has 0 radical (unpaired) electrons. The molecule has 0 aliphatic carbocycles. The molecule has 2 N–H and O–H groups in total. The molecule has 3 rings (SSSR count). The average molecular weight is 277 g/mol. The molecule has 1 unspecified atom stereocenters. The fourth-order valence-corrected chi connectivity index (χ4v) is 2.73.